The zero-order chi connectivity index (χ0) is 18.2. The highest BCUT2D eigenvalue weighted by atomic mass is 32.1. The Bertz CT molecular complexity index is 845. The SMILES string of the molecule is O=C(COC(=O)Cc1csc(-c2ccsc2)n1)NCCc1ccccc1. The second kappa shape index (κ2) is 9.26. The van der Waals surface area contributed by atoms with Crippen LogP contribution in [-0.2, 0) is 27.2 Å². The van der Waals surface area contributed by atoms with E-state index in [0.717, 1.165) is 22.6 Å². The van der Waals surface area contributed by atoms with Crippen molar-refractivity contribution in [3.8, 4) is 10.6 Å². The summed E-state index contributed by atoms with van der Waals surface area (Å²) in [5.74, 6) is -0.753. The molecule has 0 spiro atoms. The quantitative estimate of drug-likeness (QED) is 0.603. The van der Waals surface area contributed by atoms with Crippen LogP contribution in [0.4, 0.5) is 0 Å². The van der Waals surface area contributed by atoms with E-state index in [1.807, 2.05) is 52.5 Å². The van der Waals surface area contributed by atoms with Crippen LogP contribution in [0.25, 0.3) is 10.6 Å². The van der Waals surface area contributed by atoms with Crippen molar-refractivity contribution >= 4 is 34.6 Å². The molecule has 0 aliphatic carbocycles. The molecule has 0 atom stereocenters. The summed E-state index contributed by atoms with van der Waals surface area (Å²) < 4.78 is 5.03. The molecular formula is C19H18N2O3S2. The molecule has 134 valence electrons. The first-order valence-electron chi connectivity index (χ1n) is 8.14. The number of ether oxygens (including phenoxy) is 1. The zero-order valence-corrected chi connectivity index (χ0v) is 15.6. The second-order valence-corrected chi connectivity index (χ2v) is 7.22. The molecule has 1 aromatic carbocycles. The number of esters is 1. The first-order chi connectivity index (χ1) is 12.7. The number of carbonyl (C=O) groups is 2. The summed E-state index contributed by atoms with van der Waals surface area (Å²) >= 11 is 3.10. The fourth-order valence-corrected chi connectivity index (χ4v) is 3.83. The Balaban J connectivity index is 1.36. The minimum Gasteiger partial charge on any atom is -0.455 e. The van der Waals surface area contributed by atoms with Gasteiger partial charge in [-0.3, -0.25) is 9.59 Å². The van der Waals surface area contributed by atoms with Gasteiger partial charge in [-0.15, -0.1) is 11.3 Å². The van der Waals surface area contributed by atoms with E-state index in [1.165, 1.54) is 11.3 Å². The van der Waals surface area contributed by atoms with Gasteiger partial charge in [-0.2, -0.15) is 11.3 Å². The number of nitrogens with zero attached hydrogens (tertiary/aromatic N) is 1. The number of nitrogens with one attached hydrogen (secondary N) is 1. The summed E-state index contributed by atoms with van der Waals surface area (Å²) in [4.78, 5) is 28.0. The van der Waals surface area contributed by atoms with Gasteiger partial charge in [0.05, 0.1) is 12.1 Å². The normalized spacial score (nSPS) is 10.5. The van der Waals surface area contributed by atoms with Crippen molar-refractivity contribution in [3.05, 3.63) is 63.8 Å². The summed E-state index contributed by atoms with van der Waals surface area (Å²) in [7, 11) is 0. The number of hydrogen-bond acceptors (Lipinski definition) is 6. The maximum Gasteiger partial charge on any atom is 0.312 e. The van der Waals surface area contributed by atoms with Crippen LogP contribution in [0.15, 0.2) is 52.5 Å². The topological polar surface area (TPSA) is 68.3 Å². The lowest BCUT2D eigenvalue weighted by Gasteiger charge is -2.06. The van der Waals surface area contributed by atoms with Crippen LogP contribution >= 0.6 is 22.7 Å². The van der Waals surface area contributed by atoms with Crippen LogP contribution in [0, 0.1) is 0 Å². The third-order valence-corrected chi connectivity index (χ3v) is 5.21. The molecule has 1 amide bonds. The first-order valence-corrected chi connectivity index (χ1v) is 9.96. The molecule has 3 rings (SSSR count). The number of thiazole rings is 1. The lowest BCUT2D eigenvalue weighted by Crippen LogP contribution is -2.30. The minimum atomic E-state index is -0.453. The zero-order valence-electron chi connectivity index (χ0n) is 14.0. The number of rotatable bonds is 8. The lowest BCUT2D eigenvalue weighted by atomic mass is 10.1. The van der Waals surface area contributed by atoms with Gasteiger partial charge < -0.3 is 10.1 Å². The number of hydrogen-bond donors (Lipinski definition) is 1. The van der Waals surface area contributed by atoms with Gasteiger partial charge in [0, 0.05) is 22.9 Å². The third-order valence-electron chi connectivity index (χ3n) is 3.59. The van der Waals surface area contributed by atoms with Crippen LogP contribution in [0.3, 0.4) is 0 Å². The molecule has 0 saturated carbocycles. The van der Waals surface area contributed by atoms with E-state index in [-0.39, 0.29) is 18.9 Å². The van der Waals surface area contributed by atoms with Gasteiger partial charge in [-0.1, -0.05) is 30.3 Å². The smallest absolute Gasteiger partial charge is 0.312 e. The number of benzene rings is 1. The van der Waals surface area contributed by atoms with Gasteiger partial charge >= 0.3 is 5.97 Å². The summed E-state index contributed by atoms with van der Waals surface area (Å²) in [6.45, 7) is 0.242. The number of thiophene rings is 1. The molecule has 0 aliphatic heterocycles. The van der Waals surface area contributed by atoms with Gasteiger partial charge in [0.1, 0.15) is 5.01 Å². The van der Waals surface area contributed by atoms with E-state index in [4.69, 9.17) is 4.74 Å². The number of aromatic nitrogens is 1. The first kappa shape index (κ1) is 18.3. The van der Waals surface area contributed by atoms with Crippen LogP contribution in [0.2, 0.25) is 0 Å². The third kappa shape index (κ3) is 5.50. The molecule has 0 radical (unpaired) electrons. The highest BCUT2D eigenvalue weighted by Crippen LogP contribution is 2.25. The van der Waals surface area contributed by atoms with E-state index in [1.54, 1.807) is 11.3 Å². The molecule has 26 heavy (non-hydrogen) atoms. The molecule has 0 aliphatic rings. The van der Waals surface area contributed by atoms with Gasteiger partial charge in [-0.05, 0) is 23.4 Å². The Kier molecular flexibility index (Phi) is 6.51. The fourth-order valence-electron chi connectivity index (χ4n) is 2.29. The predicted molar refractivity (Wildman–Crippen MR) is 103 cm³/mol. The number of amides is 1. The van der Waals surface area contributed by atoms with Crippen molar-refractivity contribution in [1.82, 2.24) is 10.3 Å². The molecule has 0 saturated heterocycles. The Morgan fingerprint density at radius 3 is 2.73 bits per heavy atom. The molecule has 7 heteroatoms. The molecule has 0 unspecified atom stereocenters. The molecule has 3 aromatic rings. The largest absolute Gasteiger partial charge is 0.455 e. The Labute approximate surface area is 159 Å². The molecule has 0 bridgehead atoms. The predicted octanol–water partition coefficient (Wildman–Crippen LogP) is 3.32. The average Bonchev–Trinajstić information content (AvgIpc) is 3.32. The van der Waals surface area contributed by atoms with Gasteiger partial charge in [0.25, 0.3) is 5.91 Å². The van der Waals surface area contributed by atoms with Gasteiger partial charge in [0.2, 0.25) is 0 Å². The van der Waals surface area contributed by atoms with E-state index in [0.29, 0.717) is 12.2 Å². The Hall–Kier alpha value is -2.51. The Morgan fingerprint density at radius 2 is 1.96 bits per heavy atom. The van der Waals surface area contributed by atoms with Crippen molar-refractivity contribution in [3.63, 3.8) is 0 Å². The fraction of sp³-hybridized carbons (Fsp3) is 0.211. The molecule has 5 nitrogen and oxygen atoms in total. The van der Waals surface area contributed by atoms with E-state index >= 15 is 0 Å². The summed E-state index contributed by atoms with van der Waals surface area (Å²) in [6.07, 6.45) is 0.808. The monoisotopic (exact) mass is 386 g/mol. The van der Waals surface area contributed by atoms with Crippen molar-refractivity contribution in [2.24, 2.45) is 0 Å². The Morgan fingerprint density at radius 1 is 1.12 bits per heavy atom. The van der Waals surface area contributed by atoms with Crippen LogP contribution < -0.4 is 5.32 Å². The van der Waals surface area contributed by atoms with Crippen LogP contribution in [0.1, 0.15) is 11.3 Å². The molecule has 2 aromatic heterocycles. The van der Waals surface area contributed by atoms with Gasteiger partial charge in [-0.25, -0.2) is 4.98 Å². The van der Waals surface area contributed by atoms with Crippen molar-refractivity contribution in [2.75, 3.05) is 13.2 Å². The molecule has 1 N–H and O–H groups in total. The molecule has 2 heterocycles. The van der Waals surface area contributed by atoms with E-state index in [2.05, 4.69) is 10.3 Å². The summed E-state index contributed by atoms with van der Waals surface area (Å²) in [5.41, 5.74) is 2.86. The van der Waals surface area contributed by atoms with Crippen LogP contribution in [-0.4, -0.2) is 30.0 Å². The lowest BCUT2D eigenvalue weighted by molar-refractivity contribution is -0.147. The average molecular weight is 386 g/mol. The highest BCUT2D eigenvalue weighted by molar-refractivity contribution is 7.14. The summed E-state index contributed by atoms with van der Waals surface area (Å²) in [5, 5.41) is 9.47. The molecular weight excluding hydrogens is 368 g/mol. The molecule has 0 fully saturated rings. The summed E-state index contributed by atoms with van der Waals surface area (Å²) in [6, 6.07) is 11.9. The van der Waals surface area contributed by atoms with Crippen molar-refractivity contribution < 1.29 is 14.3 Å². The van der Waals surface area contributed by atoms with E-state index in [9.17, 15) is 9.59 Å². The number of carbonyl (C=O) groups excluding carboxylic acids is 2. The van der Waals surface area contributed by atoms with Gasteiger partial charge in [0.15, 0.2) is 6.61 Å². The van der Waals surface area contributed by atoms with E-state index < -0.39 is 5.97 Å². The van der Waals surface area contributed by atoms with Crippen molar-refractivity contribution in [1.29, 1.82) is 0 Å². The van der Waals surface area contributed by atoms with Crippen LogP contribution in [0.5, 0.6) is 0 Å². The minimum absolute atomic E-state index is 0.0674. The van der Waals surface area contributed by atoms with Crippen molar-refractivity contribution in [2.45, 2.75) is 12.8 Å². The standard InChI is InChI=1S/C19H18N2O3S2/c22-17(20-8-6-14-4-2-1-3-5-14)11-24-18(23)10-16-13-26-19(21-16)15-7-9-25-12-15/h1-5,7,9,12-13H,6,8,10-11H2,(H,20,22). The maximum absolute atomic E-state index is 11.9. The second-order valence-electron chi connectivity index (χ2n) is 5.58. The maximum atomic E-state index is 11.9. The highest BCUT2D eigenvalue weighted by Gasteiger charge is 2.12.